The van der Waals surface area contributed by atoms with Crippen molar-refractivity contribution in [1.82, 2.24) is 4.31 Å². The van der Waals surface area contributed by atoms with Crippen molar-refractivity contribution in [3.05, 3.63) is 23.3 Å². The second-order valence-electron chi connectivity index (χ2n) is 5.76. The molecule has 0 saturated carbocycles. The molecule has 1 aromatic rings. The summed E-state index contributed by atoms with van der Waals surface area (Å²) in [4.78, 5) is 0.434. The van der Waals surface area contributed by atoms with Crippen LogP contribution in [0.4, 0.5) is 5.69 Å². The monoisotopic (exact) mass is 296 g/mol. The van der Waals surface area contributed by atoms with Gasteiger partial charge in [0.15, 0.2) is 0 Å². The second kappa shape index (κ2) is 5.74. The molecule has 0 radical (unpaired) electrons. The number of hydrogen-bond donors (Lipinski definition) is 1. The Morgan fingerprint density at radius 2 is 1.90 bits per heavy atom. The van der Waals surface area contributed by atoms with Crippen molar-refractivity contribution in [1.29, 1.82) is 0 Å². The maximum absolute atomic E-state index is 12.9. The molecule has 4 nitrogen and oxygen atoms in total. The molecule has 112 valence electrons. The molecule has 0 aromatic heterocycles. The van der Waals surface area contributed by atoms with Crippen LogP contribution in [0, 0.1) is 19.8 Å². The standard InChI is InChI=1S/C15H24N2O2S/c1-4-13-6-5-7-17(10-13)20(18,19)15-11(2)8-14(16)9-12(15)3/h8-9,13H,4-7,10,16H2,1-3H3. The summed E-state index contributed by atoms with van der Waals surface area (Å²) in [6.45, 7) is 7.03. The lowest BCUT2D eigenvalue weighted by Gasteiger charge is -2.32. The number of rotatable bonds is 3. The Balaban J connectivity index is 2.40. The van der Waals surface area contributed by atoms with Crippen LogP contribution in [-0.4, -0.2) is 25.8 Å². The Morgan fingerprint density at radius 3 is 2.45 bits per heavy atom. The minimum absolute atomic E-state index is 0.434. The van der Waals surface area contributed by atoms with Gasteiger partial charge in [-0.3, -0.25) is 0 Å². The molecule has 0 amide bonds. The molecule has 0 aliphatic carbocycles. The fraction of sp³-hybridized carbons (Fsp3) is 0.600. The van der Waals surface area contributed by atoms with Crippen LogP contribution in [-0.2, 0) is 10.0 Å². The van der Waals surface area contributed by atoms with E-state index in [1.807, 2.05) is 13.8 Å². The molecule has 5 heteroatoms. The summed E-state index contributed by atoms with van der Waals surface area (Å²) in [6.07, 6.45) is 3.11. The molecule has 1 aliphatic heterocycles. The molecule has 1 aromatic carbocycles. The Kier molecular flexibility index (Phi) is 4.39. The van der Waals surface area contributed by atoms with E-state index in [0.29, 0.717) is 29.6 Å². The van der Waals surface area contributed by atoms with Crippen LogP contribution in [0.5, 0.6) is 0 Å². The molecule has 0 spiro atoms. The molecule has 2 N–H and O–H groups in total. The first kappa shape index (κ1) is 15.3. The van der Waals surface area contributed by atoms with E-state index in [1.165, 1.54) is 0 Å². The number of nitrogens with zero attached hydrogens (tertiary/aromatic N) is 1. The van der Waals surface area contributed by atoms with Crippen molar-refractivity contribution in [3.8, 4) is 0 Å². The summed E-state index contributed by atoms with van der Waals surface area (Å²) in [5.74, 6) is 0.480. The van der Waals surface area contributed by atoms with Crippen molar-refractivity contribution in [3.63, 3.8) is 0 Å². The van der Waals surface area contributed by atoms with E-state index in [2.05, 4.69) is 6.92 Å². The van der Waals surface area contributed by atoms with E-state index in [0.717, 1.165) is 30.4 Å². The summed E-state index contributed by atoms with van der Waals surface area (Å²) in [5, 5.41) is 0. The van der Waals surface area contributed by atoms with Crippen molar-refractivity contribution in [2.45, 2.75) is 44.9 Å². The fourth-order valence-electron chi connectivity index (χ4n) is 3.10. The van der Waals surface area contributed by atoms with Gasteiger partial charge in [0.05, 0.1) is 4.90 Å². The van der Waals surface area contributed by atoms with Gasteiger partial charge in [0.1, 0.15) is 0 Å². The molecular weight excluding hydrogens is 272 g/mol. The highest BCUT2D eigenvalue weighted by atomic mass is 32.2. The van der Waals surface area contributed by atoms with E-state index in [-0.39, 0.29) is 0 Å². The third-order valence-corrected chi connectivity index (χ3v) is 6.31. The molecule has 1 fully saturated rings. The van der Waals surface area contributed by atoms with Gasteiger partial charge in [-0.15, -0.1) is 0 Å². The number of benzene rings is 1. The maximum Gasteiger partial charge on any atom is 0.243 e. The number of hydrogen-bond acceptors (Lipinski definition) is 3. The SMILES string of the molecule is CCC1CCCN(S(=O)(=O)c2c(C)cc(N)cc2C)C1. The van der Waals surface area contributed by atoms with Crippen LogP contribution in [0.25, 0.3) is 0 Å². The Hall–Kier alpha value is -1.07. The number of piperidine rings is 1. The van der Waals surface area contributed by atoms with Crippen LogP contribution in [0.1, 0.15) is 37.3 Å². The number of aryl methyl sites for hydroxylation is 2. The molecule has 20 heavy (non-hydrogen) atoms. The quantitative estimate of drug-likeness (QED) is 0.872. The van der Waals surface area contributed by atoms with Gasteiger partial charge in [-0.05, 0) is 55.9 Å². The van der Waals surface area contributed by atoms with E-state index in [9.17, 15) is 8.42 Å². The van der Waals surface area contributed by atoms with Gasteiger partial charge >= 0.3 is 0 Å². The summed E-state index contributed by atoms with van der Waals surface area (Å²) in [5.41, 5.74) is 7.87. The summed E-state index contributed by atoms with van der Waals surface area (Å²) in [7, 11) is -3.41. The maximum atomic E-state index is 12.9. The minimum Gasteiger partial charge on any atom is -0.399 e. The zero-order valence-electron chi connectivity index (χ0n) is 12.5. The number of sulfonamides is 1. The lowest BCUT2D eigenvalue weighted by atomic mass is 9.97. The second-order valence-corrected chi connectivity index (χ2v) is 7.64. The molecule has 0 bridgehead atoms. The van der Waals surface area contributed by atoms with Crippen molar-refractivity contribution < 1.29 is 8.42 Å². The summed E-state index contributed by atoms with van der Waals surface area (Å²) in [6, 6.07) is 3.47. The number of nitrogens with two attached hydrogens (primary N) is 1. The van der Waals surface area contributed by atoms with Crippen molar-refractivity contribution in [2.75, 3.05) is 18.8 Å². The molecule has 1 saturated heterocycles. The Labute approximate surface area is 122 Å². The van der Waals surface area contributed by atoms with E-state index in [1.54, 1.807) is 16.4 Å². The highest BCUT2D eigenvalue weighted by Gasteiger charge is 2.31. The van der Waals surface area contributed by atoms with Gasteiger partial charge in [-0.1, -0.05) is 13.3 Å². The topological polar surface area (TPSA) is 63.4 Å². The average Bonchev–Trinajstić information content (AvgIpc) is 2.37. The fourth-order valence-corrected chi connectivity index (χ4v) is 5.06. The third-order valence-electron chi connectivity index (χ3n) is 4.14. The zero-order valence-corrected chi connectivity index (χ0v) is 13.3. The van der Waals surface area contributed by atoms with Crippen molar-refractivity contribution >= 4 is 15.7 Å². The largest absolute Gasteiger partial charge is 0.399 e. The van der Waals surface area contributed by atoms with Gasteiger partial charge in [0.25, 0.3) is 0 Å². The van der Waals surface area contributed by atoms with Crippen LogP contribution < -0.4 is 5.73 Å². The van der Waals surface area contributed by atoms with Gasteiger partial charge in [-0.2, -0.15) is 4.31 Å². The van der Waals surface area contributed by atoms with Gasteiger partial charge < -0.3 is 5.73 Å². The predicted molar refractivity (Wildman–Crippen MR) is 82.1 cm³/mol. The normalized spacial score (nSPS) is 21.1. The summed E-state index contributed by atoms with van der Waals surface area (Å²) < 4.78 is 27.4. The lowest BCUT2D eigenvalue weighted by molar-refractivity contribution is 0.261. The molecular formula is C15H24N2O2S. The molecule has 1 atom stereocenters. The smallest absolute Gasteiger partial charge is 0.243 e. The van der Waals surface area contributed by atoms with Crippen LogP contribution >= 0.6 is 0 Å². The van der Waals surface area contributed by atoms with Crippen molar-refractivity contribution in [2.24, 2.45) is 5.92 Å². The molecule has 2 rings (SSSR count). The van der Waals surface area contributed by atoms with Gasteiger partial charge in [0.2, 0.25) is 10.0 Å². The van der Waals surface area contributed by atoms with Gasteiger partial charge in [0, 0.05) is 18.8 Å². The molecule has 1 aliphatic rings. The highest BCUT2D eigenvalue weighted by Crippen LogP contribution is 2.30. The number of nitrogen functional groups attached to an aromatic ring is 1. The Bertz CT molecular complexity index is 573. The lowest BCUT2D eigenvalue weighted by Crippen LogP contribution is -2.40. The minimum atomic E-state index is -3.41. The zero-order chi connectivity index (χ0) is 14.9. The Morgan fingerprint density at radius 1 is 1.30 bits per heavy atom. The average molecular weight is 296 g/mol. The van der Waals surface area contributed by atoms with E-state index >= 15 is 0 Å². The van der Waals surface area contributed by atoms with E-state index < -0.39 is 10.0 Å². The first-order valence-corrected chi connectivity index (χ1v) is 8.67. The van der Waals surface area contributed by atoms with Crippen LogP contribution in [0.3, 0.4) is 0 Å². The first-order chi connectivity index (χ1) is 9.36. The molecule has 1 heterocycles. The number of anilines is 1. The van der Waals surface area contributed by atoms with Crippen LogP contribution in [0.2, 0.25) is 0 Å². The predicted octanol–water partition coefficient (Wildman–Crippen LogP) is 2.70. The molecule has 1 unspecified atom stereocenters. The van der Waals surface area contributed by atoms with Gasteiger partial charge in [-0.25, -0.2) is 8.42 Å². The third kappa shape index (κ3) is 2.83. The highest BCUT2D eigenvalue weighted by molar-refractivity contribution is 7.89. The van der Waals surface area contributed by atoms with E-state index in [4.69, 9.17) is 5.73 Å². The summed E-state index contributed by atoms with van der Waals surface area (Å²) >= 11 is 0. The first-order valence-electron chi connectivity index (χ1n) is 7.23. The van der Waals surface area contributed by atoms with Crippen LogP contribution in [0.15, 0.2) is 17.0 Å².